The summed E-state index contributed by atoms with van der Waals surface area (Å²) in [4.78, 5) is 10.8. The van der Waals surface area contributed by atoms with Gasteiger partial charge >= 0.3 is 5.97 Å². The molecular formula is C11H11Cl2NO5S. The van der Waals surface area contributed by atoms with Crippen molar-refractivity contribution in [3.05, 3.63) is 28.2 Å². The van der Waals surface area contributed by atoms with Crippen LogP contribution < -0.4 is 0 Å². The van der Waals surface area contributed by atoms with Gasteiger partial charge in [0.15, 0.2) is 0 Å². The molecule has 1 aromatic rings. The topological polar surface area (TPSA) is 94.9 Å². The van der Waals surface area contributed by atoms with Crippen LogP contribution in [0.1, 0.15) is 6.42 Å². The zero-order valence-corrected chi connectivity index (χ0v) is 12.4. The van der Waals surface area contributed by atoms with Crippen LogP contribution in [-0.4, -0.2) is 47.6 Å². The van der Waals surface area contributed by atoms with Crippen LogP contribution in [0.25, 0.3) is 0 Å². The molecule has 0 aromatic heterocycles. The lowest BCUT2D eigenvalue weighted by atomic mass is 10.2. The SMILES string of the molecule is O=C(O)[C@H]1C[C@@H](O)CN1S(=O)(=O)c1c(Cl)cccc1Cl. The van der Waals surface area contributed by atoms with Crippen molar-refractivity contribution in [2.24, 2.45) is 0 Å². The third kappa shape index (κ3) is 2.64. The maximum atomic E-state index is 12.5. The van der Waals surface area contributed by atoms with Crippen molar-refractivity contribution < 1.29 is 23.4 Å². The van der Waals surface area contributed by atoms with Gasteiger partial charge in [0.1, 0.15) is 10.9 Å². The van der Waals surface area contributed by atoms with Gasteiger partial charge in [-0.15, -0.1) is 0 Å². The molecule has 0 radical (unpaired) electrons. The number of carboxylic acids is 1. The highest BCUT2D eigenvalue weighted by Crippen LogP contribution is 2.34. The Morgan fingerprint density at radius 2 is 1.85 bits per heavy atom. The van der Waals surface area contributed by atoms with Crippen LogP contribution in [0.2, 0.25) is 10.0 Å². The van der Waals surface area contributed by atoms with Gasteiger partial charge in [-0.25, -0.2) is 8.42 Å². The quantitative estimate of drug-likeness (QED) is 0.862. The molecule has 0 bridgehead atoms. The average molecular weight is 340 g/mol. The summed E-state index contributed by atoms with van der Waals surface area (Å²) in [7, 11) is -4.20. The normalized spacial score (nSPS) is 23.9. The first-order chi connectivity index (χ1) is 9.25. The van der Waals surface area contributed by atoms with Gasteiger partial charge in [0, 0.05) is 13.0 Å². The van der Waals surface area contributed by atoms with E-state index in [1.807, 2.05) is 0 Å². The molecular weight excluding hydrogens is 329 g/mol. The first kappa shape index (κ1) is 15.5. The van der Waals surface area contributed by atoms with Crippen molar-refractivity contribution in [1.29, 1.82) is 0 Å². The molecule has 1 saturated heterocycles. The van der Waals surface area contributed by atoms with Crippen molar-refractivity contribution in [2.75, 3.05) is 6.54 Å². The lowest BCUT2D eigenvalue weighted by Crippen LogP contribution is -2.40. The predicted molar refractivity (Wildman–Crippen MR) is 72.4 cm³/mol. The van der Waals surface area contributed by atoms with Crippen LogP contribution in [0.4, 0.5) is 0 Å². The summed E-state index contributed by atoms with van der Waals surface area (Å²) in [5, 5.41) is 18.4. The summed E-state index contributed by atoms with van der Waals surface area (Å²) in [5.74, 6) is -1.33. The lowest BCUT2D eigenvalue weighted by Gasteiger charge is -2.21. The number of sulfonamides is 1. The molecule has 1 aliphatic rings. The van der Waals surface area contributed by atoms with E-state index in [0.717, 1.165) is 0 Å². The van der Waals surface area contributed by atoms with Gasteiger partial charge in [-0.2, -0.15) is 4.31 Å². The van der Waals surface area contributed by atoms with E-state index in [-0.39, 0.29) is 27.9 Å². The number of aliphatic carboxylic acids is 1. The number of halogens is 2. The molecule has 2 rings (SSSR count). The van der Waals surface area contributed by atoms with Crippen LogP contribution in [0, 0.1) is 0 Å². The van der Waals surface area contributed by atoms with Gasteiger partial charge < -0.3 is 10.2 Å². The summed E-state index contributed by atoms with van der Waals surface area (Å²) in [6.45, 7) is -0.305. The largest absolute Gasteiger partial charge is 0.480 e. The molecule has 110 valence electrons. The highest BCUT2D eigenvalue weighted by molar-refractivity contribution is 7.89. The Morgan fingerprint density at radius 3 is 2.35 bits per heavy atom. The maximum absolute atomic E-state index is 12.5. The molecule has 1 heterocycles. The minimum absolute atomic E-state index is 0.0944. The van der Waals surface area contributed by atoms with Crippen LogP contribution in [-0.2, 0) is 14.8 Å². The van der Waals surface area contributed by atoms with Crippen LogP contribution in [0.3, 0.4) is 0 Å². The van der Waals surface area contributed by atoms with Gasteiger partial charge in [-0.3, -0.25) is 4.79 Å². The Labute approximate surface area is 125 Å². The number of β-amino-alcohol motifs (C(OH)–C–C–N with tert-alkyl or cyclic N) is 1. The van der Waals surface area contributed by atoms with Crippen LogP contribution in [0.15, 0.2) is 23.1 Å². The number of carboxylic acid groups (broad SMARTS) is 1. The average Bonchev–Trinajstić information content (AvgIpc) is 2.71. The second kappa shape index (κ2) is 5.50. The number of rotatable bonds is 3. The fraction of sp³-hybridized carbons (Fsp3) is 0.364. The molecule has 0 saturated carbocycles. The van der Waals surface area contributed by atoms with Crippen LogP contribution >= 0.6 is 23.2 Å². The number of carbonyl (C=O) groups is 1. The molecule has 20 heavy (non-hydrogen) atoms. The predicted octanol–water partition coefficient (Wildman–Crippen LogP) is 1.20. The first-order valence-electron chi connectivity index (χ1n) is 5.62. The zero-order valence-electron chi connectivity index (χ0n) is 10.0. The smallest absolute Gasteiger partial charge is 0.322 e. The van der Waals surface area contributed by atoms with E-state index in [2.05, 4.69) is 0 Å². The monoisotopic (exact) mass is 339 g/mol. The number of nitrogens with zero attached hydrogens (tertiary/aromatic N) is 1. The van der Waals surface area contributed by atoms with Gasteiger partial charge in [0.2, 0.25) is 10.0 Å². The van der Waals surface area contributed by atoms with E-state index in [4.69, 9.17) is 28.3 Å². The minimum atomic E-state index is -4.20. The Morgan fingerprint density at radius 1 is 1.30 bits per heavy atom. The Kier molecular flexibility index (Phi) is 4.27. The second-order valence-electron chi connectivity index (χ2n) is 4.37. The highest BCUT2D eigenvalue weighted by Gasteiger charge is 2.44. The van der Waals surface area contributed by atoms with Crippen molar-refractivity contribution >= 4 is 39.2 Å². The Hall–Kier alpha value is -0.860. The zero-order chi connectivity index (χ0) is 15.1. The minimum Gasteiger partial charge on any atom is -0.480 e. The van der Waals surface area contributed by atoms with Crippen molar-refractivity contribution in [3.63, 3.8) is 0 Å². The van der Waals surface area contributed by atoms with Gasteiger partial charge in [-0.05, 0) is 12.1 Å². The molecule has 1 aromatic carbocycles. The maximum Gasteiger partial charge on any atom is 0.322 e. The summed E-state index contributed by atoms with van der Waals surface area (Å²) in [6, 6.07) is 2.85. The van der Waals surface area contributed by atoms with Crippen molar-refractivity contribution in [3.8, 4) is 0 Å². The lowest BCUT2D eigenvalue weighted by molar-refractivity contribution is -0.140. The molecule has 0 aliphatic carbocycles. The molecule has 2 N–H and O–H groups in total. The molecule has 6 nitrogen and oxygen atoms in total. The first-order valence-corrected chi connectivity index (χ1v) is 7.81. The van der Waals surface area contributed by atoms with E-state index in [1.54, 1.807) is 0 Å². The van der Waals surface area contributed by atoms with Gasteiger partial charge in [0.05, 0.1) is 16.1 Å². The van der Waals surface area contributed by atoms with Crippen LogP contribution in [0.5, 0.6) is 0 Å². The molecule has 9 heteroatoms. The summed E-state index contributed by atoms with van der Waals surface area (Å²) in [6.07, 6.45) is -1.21. The van der Waals surface area contributed by atoms with Gasteiger partial charge in [-0.1, -0.05) is 29.3 Å². The summed E-state index contributed by atoms with van der Waals surface area (Å²) >= 11 is 11.7. The highest BCUT2D eigenvalue weighted by atomic mass is 35.5. The number of hydrogen-bond donors (Lipinski definition) is 2. The Bertz CT molecular complexity index is 628. The van der Waals surface area contributed by atoms with E-state index < -0.39 is 28.1 Å². The molecule has 1 aliphatic heterocycles. The fourth-order valence-electron chi connectivity index (χ4n) is 2.12. The van der Waals surface area contributed by atoms with E-state index in [0.29, 0.717) is 4.31 Å². The van der Waals surface area contributed by atoms with E-state index >= 15 is 0 Å². The third-order valence-corrected chi connectivity index (χ3v) is 5.84. The van der Waals surface area contributed by atoms with Crippen molar-refractivity contribution in [2.45, 2.75) is 23.5 Å². The van der Waals surface area contributed by atoms with Crippen molar-refractivity contribution in [1.82, 2.24) is 4.31 Å². The molecule has 2 atom stereocenters. The number of aliphatic hydroxyl groups is 1. The van der Waals surface area contributed by atoms with Gasteiger partial charge in [0.25, 0.3) is 0 Å². The number of benzene rings is 1. The standard InChI is InChI=1S/C11H11Cl2NO5S/c12-7-2-1-3-8(13)10(7)20(18,19)14-5-6(15)4-9(14)11(16)17/h1-3,6,9,15H,4-5H2,(H,16,17)/t6-,9-/m1/s1. The second-order valence-corrected chi connectivity index (χ2v) is 7.01. The summed E-state index contributed by atoms with van der Waals surface area (Å²) in [5.41, 5.74) is 0. The van der Waals surface area contributed by atoms with E-state index in [1.165, 1.54) is 18.2 Å². The van der Waals surface area contributed by atoms with E-state index in [9.17, 15) is 18.3 Å². The fourth-order valence-corrected chi connectivity index (χ4v) is 4.85. The Balaban J connectivity index is 2.52. The summed E-state index contributed by atoms with van der Waals surface area (Å²) < 4.78 is 25.8. The number of hydrogen-bond acceptors (Lipinski definition) is 4. The molecule has 0 spiro atoms. The number of aliphatic hydroxyl groups excluding tert-OH is 1. The molecule has 0 unspecified atom stereocenters. The third-order valence-electron chi connectivity index (χ3n) is 3.00. The molecule has 1 fully saturated rings. The molecule has 0 amide bonds.